The summed E-state index contributed by atoms with van der Waals surface area (Å²) in [4.78, 5) is 12.8. The summed E-state index contributed by atoms with van der Waals surface area (Å²) in [5.41, 5.74) is 0.976. The van der Waals surface area contributed by atoms with Gasteiger partial charge in [0, 0.05) is 24.7 Å². The molecule has 0 saturated carbocycles. The van der Waals surface area contributed by atoms with Gasteiger partial charge in [-0.25, -0.2) is 8.42 Å². The molecule has 1 fully saturated rings. The number of ether oxygens (including phenoxy) is 1. The molecule has 162 valence electrons. The van der Waals surface area contributed by atoms with Gasteiger partial charge in [0.15, 0.2) is 5.11 Å². The fourth-order valence-electron chi connectivity index (χ4n) is 3.15. The number of aryl methyl sites for hydroxylation is 1. The molecule has 1 saturated heterocycles. The van der Waals surface area contributed by atoms with E-state index in [1.165, 1.54) is 16.4 Å². The average Bonchev–Trinajstić information content (AvgIpc) is 2.68. The smallest absolute Gasteiger partial charge is 0.257 e. The van der Waals surface area contributed by atoms with Crippen molar-refractivity contribution in [2.75, 3.05) is 26.3 Å². The summed E-state index contributed by atoms with van der Waals surface area (Å²) < 4.78 is 32.3. The second-order valence-electron chi connectivity index (χ2n) is 7.32. The van der Waals surface area contributed by atoms with Gasteiger partial charge in [-0.15, -0.1) is 0 Å². The molecule has 0 radical (unpaired) electrons. The standard InChI is InChI=1S/C20H31N3O4S2/c1-4-5-6-7-16(3)21-20(28)22-19(24)18-14-17(9-8-15(18)2)29(25,26)23-10-12-27-13-11-23/h8-9,14,16H,4-7,10-13H2,1-3H3,(H2,21,22,24,28)/t16-/m0/s1. The average molecular weight is 442 g/mol. The largest absolute Gasteiger partial charge is 0.379 e. The molecule has 1 amide bonds. The third-order valence-corrected chi connectivity index (χ3v) is 7.02. The van der Waals surface area contributed by atoms with E-state index < -0.39 is 15.9 Å². The second kappa shape index (κ2) is 11.0. The third kappa shape index (κ3) is 6.74. The number of benzene rings is 1. The van der Waals surface area contributed by atoms with Crippen LogP contribution in [0.4, 0.5) is 0 Å². The zero-order valence-corrected chi connectivity index (χ0v) is 19.0. The van der Waals surface area contributed by atoms with Gasteiger partial charge in [-0.05, 0) is 50.2 Å². The Morgan fingerprint density at radius 2 is 1.97 bits per heavy atom. The number of rotatable bonds is 8. The molecule has 9 heteroatoms. The molecule has 0 spiro atoms. The Morgan fingerprint density at radius 3 is 2.62 bits per heavy atom. The minimum absolute atomic E-state index is 0.0990. The van der Waals surface area contributed by atoms with Crippen molar-refractivity contribution < 1.29 is 17.9 Å². The maximum atomic E-state index is 12.9. The van der Waals surface area contributed by atoms with Crippen LogP contribution in [0, 0.1) is 6.92 Å². The number of thiocarbonyl (C=S) groups is 1. The van der Waals surface area contributed by atoms with Gasteiger partial charge in [0.1, 0.15) is 0 Å². The van der Waals surface area contributed by atoms with Crippen molar-refractivity contribution in [3.05, 3.63) is 29.3 Å². The van der Waals surface area contributed by atoms with E-state index in [1.54, 1.807) is 13.0 Å². The zero-order valence-electron chi connectivity index (χ0n) is 17.4. The number of nitrogens with one attached hydrogen (secondary N) is 2. The Balaban J connectivity index is 2.06. The van der Waals surface area contributed by atoms with Gasteiger partial charge in [-0.2, -0.15) is 4.31 Å². The van der Waals surface area contributed by atoms with E-state index >= 15 is 0 Å². The highest BCUT2D eigenvalue weighted by Crippen LogP contribution is 2.20. The highest BCUT2D eigenvalue weighted by Gasteiger charge is 2.27. The first-order valence-corrected chi connectivity index (χ1v) is 11.9. The summed E-state index contributed by atoms with van der Waals surface area (Å²) >= 11 is 5.25. The molecule has 0 bridgehead atoms. The van der Waals surface area contributed by atoms with Crippen LogP contribution in [0.5, 0.6) is 0 Å². The van der Waals surface area contributed by atoms with E-state index in [0.29, 0.717) is 37.4 Å². The van der Waals surface area contributed by atoms with Crippen molar-refractivity contribution in [3.63, 3.8) is 0 Å². The van der Waals surface area contributed by atoms with Gasteiger partial charge in [0.2, 0.25) is 10.0 Å². The molecule has 1 aliphatic heterocycles. The van der Waals surface area contributed by atoms with Crippen LogP contribution in [0.2, 0.25) is 0 Å². The number of amides is 1. The van der Waals surface area contributed by atoms with Crippen LogP contribution >= 0.6 is 12.2 Å². The molecule has 1 aliphatic rings. The lowest BCUT2D eigenvalue weighted by atomic mass is 10.1. The molecule has 1 aromatic rings. The Labute approximate surface area is 179 Å². The quantitative estimate of drug-likeness (QED) is 0.476. The summed E-state index contributed by atoms with van der Waals surface area (Å²) in [6.45, 7) is 7.30. The fraction of sp³-hybridized carbons (Fsp3) is 0.600. The van der Waals surface area contributed by atoms with E-state index in [4.69, 9.17) is 17.0 Å². The number of morpholine rings is 1. The van der Waals surface area contributed by atoms with Gasteiger partial charge in [0.25, 0.3) is 5.91 Å². The number of hydrogen-bond donors (Lipinski definition) is 2. The van der Waals surface area contributed by atoms with Crippen LogP contribution < -0.4 is 10.6 Å². The number of carbonyl (C=O) groups excluding carboxylic acids is 1. The van der Waals surface area contributed by atoms with Crippen LogP contribution in [0.25, 0.3) is 0 Å². The highest BCUT2D eigenvalue weighted by atomic mass is 32.2. The third-order valence-electron chi connectivity index (χ3n) is 4.91. The van der Waals surface area contributed by atoms with Crippen molar-refractivity contribution in [1.82, 2.24) is 14.9 Å². The van der Waals surface area contributed by atoms with Gasteiger partial charge in [0.05, 0.1) is 18.1 Å². The second-order valence-corrected chi connectivity index (χ2v) is 9.66. The van der Waals surface area contributed by atoms with Crippen LogP contribution in [-0.4, -0.2) is 56.1 Å². The van der Waals surface area contributed by atoms with Crippen molar-refractivity contribution in [1.29, 1.82) is 0 Å². The topological polar surface area (TPSA) is 87.7 Å². The fourth-order valence-corrected chi connectivity index (χ4v) is 4.87. The van der Waals surface area contributed by atoms with E-state index in [2.05, 4.69) is 17.6 Å². The highest BCUT2D eigenvalue weighted by molar-refractivity contribution is 7.89. The Kier molecular flexibility index (Phi) is 9.01. The van der Waals surface area contributed by atoms with Crippen molar-refractivity contribution >= 4 is 33.3 Å². The lowest BCUT2D eigenvalue weighted by molar-refractivity contribution is 0.0730. The van der Waals surface area contributed by atoms with E-state index in [1.807, 2.05) is 6.92 Å². The molecular formula is C20H31N3O4S2. The van der Waals surface area contributed by atoms with Crippen LogP contribution in [0.15, 0.2) is 23.1 Å². The maximum Gasteiger partial charge on any atom is 0.257 e. The summed E-state index contributed by atoms with van der Waals surface area (Å²) in [6, 6.07) is 4.75. The molecule has 1 atom stereocenters. The molecule has 1 heterocycles. The summed E-state index contributed by atoms with van der Waals surface area (Å²) in [7, 11) is -3.67. The number of sulfonamides is 1. The molecule has 2 N–H and O–H groups in total. The first kappa shape index (κ1) is 23.7. The molecule has 1 aromatic carbocycles. The Hall–Kier alpha value is -1.55. The van der Waals surface area contributed by atoms with Gasteiger partial charge < -0.3 is 10.1 Å². The Morgan fingerprint density at radius 1 is 1.28 bits per heavy atom. The number of carbonyl (C=O) groups is 1. The van der Waals surface area contributed by atoms with Gasteiger partial charge in [-0.1, -0.05) is 32.3 Å². The monoisotopic (exact) mass is 441 g/mol. The van der Waals surface area contributed by atoms with Gasteiger partial charge >= 0.3 is 0 Å². The number of unbranched alkanes of at least 4 members (excludes halogenated alkanes) is 2. The molecule has 7 nitrogen and oxygen atoms in total. The summed E-state index contributed by atoms with van der Waals surface area (Å²) in [6.07, 6.45) is 4.38. The lowest BCUT2D eigenvalue weighted by Gasteiger charge is -2.26. The van der Waals surface area contributed by atoms with Crippen LogP contribution in [0.1, 0.15) is 55.5 Å². The molecular weight excluding hydrogens is 410 g/mol. The van der Waals surface area contributed by atoms with Crippen molar-refractivity contribution in [3.8, 4) is 0 Å². The lowest BCUT2D eigenvalue weighted by Crippen LogP contribution is -2.43. The predicted octanol–water partition coefficient (Wildman–Crippen LogP) is 2.59. The molecule has 2 rings (SSSR count). The Bertz CT molecular complexity index is 821. The molecule has 0 unspecified atom stereocenters. The van der Waals surface area contributed by atoms with Crippen molar-refractivity contribution in [2.45, 2.75) is 57.4 Å². The minimum Gasteiger partial charge on any atom is -0.379 e. The first-order valence-electron chi connectivity index (χ1n) is 10.1. The van der Waals surface area contributed by atoms with E-state index in [9.17, 15) is 13.2 Å². The van der Waals surface area contributed by atoms with Crippen LogP contribution in [0.3, 0.4) is 0 Å². The summed E-state index contributed by atoms with van der Waals surface area (Å²) in [5, 5.41) is 6.03. The summed E-state index contributed by atoms with van der Waals surface area (Å²) in [5.74, 6) is -0.417. The van der Waals surface area contributed by atoms with Crippen LogP contribution in [-0.2, 0) is 14.8 Å². The molecule has 29 heavy (non-hydrogen) atoms. The minimum atomic E-state index is -3.67. The first-order chi connectivity index (χ1) is 13.8. The molecule has 0 aliphatic carbocycles. The van der Waals surface area contributed by atoms with E-state index in [0.717, 1.165) is 25.7 Å². The van der Waals surface area contributed by atoms with E-state index in [-0.39, 0.29) is 16.0 Å². The number of hydrogen-bond acceptors (Lipinski definition) is 5. The molecule has 0 aromatic heterocycles. The normalized spacial score (nSPS) is 16.2. The predicted molar refractivity (Wildman–Crippen MR) is 118 cm³/mol. The number of nitrogens with zero attached hydrogens (tertiary/aromatic N) is 1. The maximum absolute atomic E-state index is 12.9. The SMILES string of the molecule is CCCCC[C@H](C)NC(=S)NC(=O)c1cc(S(=O)(=O)N2CCOCC2)ccc1C. The van der Waals surface area contributed by atoms with Crippen molar-refractivity contribution in [2.24, 2.45) is 0 Å². The van der Waals surface area contributed by atoms with Gasteiger partial charge in [-0.3, -0.25) is 10.1 Å². The zero-order chi connectivity index (χ0) is 21.4.